The van der Waals surface area contributed by atoms with Crippen LogP contribution >= 0.6 is 0 Å². The second-order valence-corrected chi connectivity index (χ2v) is 5.29. The van der Waals surface area contributed by atoms with Crippen LogP contribution in [0, 0.1) is 5.92 Å². The lowest BCUT2D eigenvalue weighted by atomic mass is 9.77. The van der Waals surface area contributed by atoms with E-state index in [1.807, 2.05) is 0 Å². The molecular formula is C13H26N2. The molecule has 2 fully saturated rings. The maximum absolute atomic E-state index is 5.83. The van der Waals surface area contributed by atoms with Gasteiger partial charge >= 0.3 is 0 Å². The van der Waals surface area contributed by atoms with Crippen molar-refractivity contribution in [3.8, 4) is 0 Å². The topological polar surface area (TPSA) is 29.3 Å². The van der Waals surface area contributed by atoms with Gasteiger partial charge in [0, 0.05) is 12.1 Å². The largest absolute Gasteiger partial charge is 0.330 e. The summed E-state index contributed by atoms with van der Waals surface area (Å²) >= 11 is 0. The smallest absolute Gasteiger partial charge is 0.0139 e. The average molecular weight is 210 g/mol. The molecule has 2 aliphatic rings. The predicted molar refractivity (Wildman–Crippen MR) is 64.8 cm³/mol. The first-order valence-electron chi connectivity index (χ1n) is 6.82. The molecule has 3 unspecified atom stereocenters. The Bertz CT molecular complexity index is 191. The van der Waals surface area contributed by atoms with Crippen LogP contribution in [-0.4, -0.2) is 30.1 Å². The highest BCUT2D eigenvalue weighted by Gasteiger charge is 2.37. The molecule has 0 bridgehead atoms. The molecule has 15 heavy (non-hydrogen) atoms. The van der Waals surface area contributed by atoms with Crippen molar-refractivity contribution < 1.29 is 0 Å². The zero-order chi connectivity index (χ0) is 10.7. The standard InChI is InChI=1S/C13H26N2/c1-2-12-6-4-3-5-9-15(12)13-8-7-11(13)10-14/h11-13H,2-10,14H2,1H3. The van der Waals surface area contributed by atoms with Gasteiger partial charge in [-0.15, -0.1) is 0 Å². The van der Waals surface area contributed by atoms with Crippen LogP contribution in [0.3, 0.4) is 0 Å². The van der Waals surface area contributed by atoms with Crippen molar-refractivity contribution in [1.82, 2.24) is 4.90 Å². The van der Waals surface area contributed by atoms with Crippen molar-refractivity contribution >= 4 is 0 Å². The molecule has 0 aromatic heterocycles. The number of rotatable bonds is 3. The van der Waals surface area contributed by atoms with E-state index >= 15 is 0 Å². The van der Waals surface area contributed by atoms with Gasteiger partial charge in [0.25, 0.3) is 0 Å². The number of nitrogens with zero attached hydrogens (tertiary/aromatic N) is 1. The summed E-state index contributed by atoms with van der Waals surface area (Å²) < 4.78 is 0. The summed E-state index contributed by atoms with van der Waals surface area (Å²) in [7, 11) is 0. The minimum atomic E-state index is 0.803. The molecule has 2 nitrogen and oxygen atoms in total. The summed E-state index contributed by atoms with van der Waals surface area (Å²) in [6.07, 6.45) is 9.80. The third-order valence-corrected chi connectivity index (χ3v) is 4.50. The Balaban J connectivity index is 1.96. The maximum atomic E-state index is 5.83. The quantitative estimate of drug-likeness (QED) is 0.775. The van der Waals surface area contributed by atoms with E-state index in [4.69, 9.17) is 5.73 Å². The lowest BCUT2D eigenvalue weighted by molar-refractivity contribution is 0.0313. The van der Waals surface area contributed by atoms with Gasteiger partial charge in [-0.3, -0.25) is 4.90 Å². The van der Waals surface area contributed by atoms with Gasteiger partial charge in [-0.25, -0.2) is 0 Å². The molecule has 1 aliphatic carbocycles. The van der Waals surface area contributed by atoms with Gasteiger partial charge in [0.1, 0.15) is 0 Å². The highest BCUT2D eigenvalue weighted by Crippen LogP contribution is 2.35. The third kappa shape index (κ3) is 2.36. The summed E-state index contributed by atoms with van der Waals surface area (Å²) in [5.74, 6) is 0.803. The maximum Gasteiger partial charge on any atom is 0.0139 e. The first-order chi connectivity index (χ1) is 7.36. The van der Waals surface area contributed by atoms with E-state index in [2.05, 4.69) is 11.8 Å². The van der Waals surface area contributed by atoms with E-state index in [9.17, 15) is 0 Å². The normalized spacial score (nSPS) is 38.4. The Kier molecular flexibility index (Phi) is 4.04. The van der Waals surface area contributed by atoms with E-state index in [0.717, 1.165) is 24.5 Å². The van der Waals surface area contributed by atoms with Gasteiger partial charge < -0.3 is 5.73 Å². The molecule has 2 rings (SSSR count). The SMILES string of the molecule is CCC1CCCCCN1C1CCC1CN. The summed E-state index contributed by atoms with van der Waals surface area (Å²) in [6, 6.07) is 1.69. The zero-order valence-corrected chi connectivity index (χ0v) is 10.1. The van der Waals surface area contributed by atoms with E-state index in [1.165, 1.54) is 51.5 Å². The number of hydrogen-bond acceptors (Lipinski definition) is 2. The molecule has 0 spiro atoms. The molecule has 2 heteroatoms. The minimum absolute atomic E-state index is 0.803. The number of hydrogen-bond donors (Lipinski definition) is 1. The fourth-order valence-corrected chi connectivity index (χ4v) is 3.34. The van der Waals surface area contributed by atoms with Crippen LogP contribution in [0.1, 0.15) is 51.9 Å². The fourth-order valence-electron chi connectivity index (χ4n) is 3.34. The van der Waals surface area contributed by atoms with E-state index in [1.54, 1.807) is 0 Å². The summed E-state index contributed by atoms with van der Waals surface area (Å²) in [5, 5.41) is 0. The highest BCUT2D eigenvalue weighted by atomic mass is 15.2. The fraction of sp³-hybridized carbons (Fsp3) is 1.00. The van der Waals surface area contributed by atoms with Crippen molar-refractivity contribution in [2.75, 3.05) is 13.1 Å². The Morgan fingerprint density at radius 3 is 2.60 bits per heavy atom. The summed E-state index contributed by atoms with van der Waals surface area (Å²) in [6.45, 7) is 4.58. The van der Waals surface area contributed by atoms with Gasteiger partial charge in [0.2, 0.25) is 0 Å². The number of likely N-dealkylation sites (tertiary alicyclic amines) is 1. The Hall–Kier alpha value is -0.0800. The molecule has 88 valence electrons. The van der Waals surface area contributed by atoms with Gasteiger partial charge in [0.15, 0.2) is 0 Å². The van der Waals surface area contributed by atoms with Crippen molar-refractivity contribution in [3.63, 3.8) is 0 Å². The average Bonchev–Trinajstić information content (AvgIpc) is 2.42. The van der Waals surface area contributed by atoms with Crippen LogP contribution in [0.15, 0.2) is 0 Å². The lowest BCUT2D eigenvalue weighted by Gasteiger charge is -2.47. The third-order valence-electron chi connectivity index (χ3n) is 4.50. The molecule has 0 aromatic rings. The first kappa shape index (κ1) is 11.4. The predicted octanol–water partition coefficient (Wildman–Crippen LogP) is 2.38. The van der Waals surface area contributed by atoms with Crippen LogP contribution in [0.5, 0.6) is 0 Å². The van der Waals surface area contributed by atoms with Gasteiger partial charge in [-0.05, 0) is 51.1 Å². The second kappa shape index (κ2) is 5.31. The van der Waals surface area contributed by atoms with Crippen LogP contribution in [0.4, 0.5) is 0 Å². The first-order valence-corrected chi connectivity index (χ1v) is 6.82. The van der Waals surface area contributed by atoms with Crippen LogP contribution in [0.2, 0.25) is 0 Å². The Labute approximate surface area is 94.2 Å². The van der Waals surface area contributed by atoms with Crippen LogP contribution < -0.4 is 5.73 Å². The van der Waals surface area contributed by atoms with Gasteiger partial charge in [-0.1, -0.05) is 19.8 Å². The molecule has 1 heterocycles. The van der Waals surface area contributed by atoms with Gasteiger partial charge in [-0.2, -0.15) is 0 Å². The minimum Gasteiger partial charge on any atom is -0.330 e. The molecule has 1 aliphatic heterocycles. The molecule has 2 N–H and O–H groups in total. The van der Waals surface area contributed by atoms with Crippen LogP contribution in [0.25, 0.3) is 0 Å². The molecule has 0 radical (unpaired) electrons. The highest BCUT2D eigenvalue weighted by molar-refractivity contribution is 4.92. The lowest BCUT2D eigenvalue weighted by Crippen LogP contribution is -2.53. The zero-order valence-electron chi connectivity index (χ0n) is 10.1. The van der Waals surface area contributed by atoms with Crippen molar-refractivity contribution in [2.45, 2.75) is 64.0 Å². The Morgan fingerprint density at radius 1 is 1.13 bits per heavy atom. The molecule has 1 saturated carbocycles. The van der Waals surface area contributed by atoms with Gasteiger partial charge in [0.05, 0.1) is 0 Å². The molecular weight excluding hydrogens is 184 g/mol. The molecule has 1 saturated heterocycles. The summed E-state index contributed by atoms with van der Waals surface area (Å²) in [5.41, 5.74) is 5.83. The molecule has 0 aromatic carbocycles. The Morgan fingerprint density at radius 2 is 2.00 bits per heavy atom. The van der Waals surface area contributed by atoms with E-state index in [-0.39, 0.29) is 0 Å². The monoisotopic (exact) mass is 210 g/mol. The van der Waals surface area contributed by atoms with Crippen molar-refractivity contribution in [2.24, 2.45) is 11.7 Å². The van der Waals surface area contributed by atoms with Crippen LogP contribution in [-0.2, 0) is 0 Å². The molecule has 0 amide bonds. The van der Waals surface area contributed by atoms with E-state index < -0.39 is 0 Å². The van der Waals surface area contributed by atoms with Crippen molar-refractivity contribution in [3.05, 3.63) is 0 Å². The summed E-state index contributed by atoms with van der Waals surface area (Å²) in [4.78, 5) is 2.80. The number of nitrogens with two attached hydrogens (primary N) is 1. The van der Waals surface area contributed by atoms with Crippen molar-refractivity contribution in [1.29, 1.82) is 0 Å². The molecule has 3 atom stereocenters. The van der Waals surface area contributed by atoms with E-state index in [0.29, 0.717) is 0 Å². The second-order valence-electron chi connectivity index (χ2n) is 5.29.